The third kappa shape index (κ3) is 3.10. The molecule has 0 fully saturated rings. The Bertz CT molecular complexity index is 432. The fraction of sp³-hybridized carbons (Fsp3) is 0.182. The molecule has 0 spiro atoms. The molecule has 0 aliphatic carbocycles. The maximum Gasteiger partial charge on any atom is 0.435 e. The molecule has 0 aromatic heterocycles. The van der Waals surface area contributed by atoms with Crippen LogP contribution in [-0.4, -0.2) is 30.8 Å². The second-order valence-electron chi connectivity index (χ2n) is 3.17. The lowest BCUT2D eigenvalue weighted by atomic mass is 10.1. The van der Waals surface area contributed by atoms with Crippen LogP contribution in [0.1, 0.15) is 5.56 Å². The van der Waals surface area contributed by atoms with Crippen LogP contribution in [-0.2, 0) is 4.84 Å². The van der Waals surface area contributed by atoms with Gasteiger partial charge in [0, 0.05) is 19.7 Å². The monoisotopic (exact) mass is 217 g/mol. The average Bonchev–Trinajstić information content (AvgIpc) is 2.30. The molecule has 82 valence electrons. The molecule has 0 saturated heterocycles. The predicted octanol–water partition coefficient (Wildman–Crippen LogP) is 1.61. The lowest BCUT2D eigenvalue weighted by Crippen LogP contribution is -2.21. The van der Waals surface area contributed by atoms with Gasteiger partial charge >= 0.3 is 6.09 Å². The summed E-state index contributed by atoms with van der Waals surface area (Å²) in [4.78, 5) is 16.9. The Morgan fingerprint density at radius 2 is 2.00 bits per heavy atom. The molecule has 0 aliphatic heterocycles. The molecule has 0 saturated carbocycles. The van der Waals surface area contributed by atoms with Crippen LogP contribution >= 0.6 is 0 Å². The topological polar surface area (TPSA) is 65.7 Å². The summed E-state index contributed by atoms with van der Waals surface area (Å²) in [5.41, 5.74) is 0.673. The number of carbonyl (C=O) groups excluding carboxylic acids is 1. The highest BCUT2D eigenvalue weighted by atomic mass is 16.7. The molecule has 5 nitrogen and oxygen atoms in total. The molecule has 0 heterocycles. The molecule has 0 bridgehead atoms. The zero-order chi connectivity index (χ0) is 12.0. The number of nitrogens with zero attached hydrogens (tertiary/aromatic N) is 3. The highest BCUT2D eigenvalue weighted by molar-refractivity contribution is 6.11. The van der Waals surface area contributed by atoms with Gasteiger partial charge in [-0.1, -0.05) is 35.5 Å². The summed E-state index contributed by atoms with van der Waals surface area (Å²) in [7, 11) is 3.07. The molecule has 0 unspecified atom stereocenters. The van der Waals surface area contributed by atoms with E-state index in [1.165, 1.54) is 19.0 Å². The molecular formula is C11H11N3O2. The number of amides is 1. The smallest absolute Gasteiger partial charge is 0.312 e. The van der Waals surface area contributed by atoms with Crippen LogP contribution in [0.25, 0.3) is 0 Å². The third-order valence-electron chi connectivity index (χ3n) is 1.73. The van der Waals surface area contributed by atoms with E-state index in [4.69, 9.17) is 5.26 Å². The number of rotatable bonds is 2. The van der Waals surface area contributed by atoms with Crippen molar-refractivity contribution in [3.63, 3.8) is 0 Å². The fourth-order valence-electron chi connectivity index (χ4n) is 0.900. The number of nitriles is 1. The molecule has 16 heavy (non-hydrogen) atoms. The molecule has 0 radical (unpaired) electrons. The number of benzene rings is 1. The van der Waals surface area contributed by atoms with E-state index in [0.29, 0.717) is 5.56 Å². The van der Waals surface area contributed by atoms with Gasteiger partial charge in [-0.05, 0) is 0 Å². The van der Waals surface area contributed by atoms with E-state index in [1.807, 2.05) is 12.1 Å². The lowest BCUT2D eigenvalue weighted by Gasteiger charge is -2.06. The van der Waals surface area contributed by atoms with Gasteiger partial charge in [-0.2, -0.15) is 5.26 Å². The lowest BCUT2D eigenvalue weighted by molar-refractivity contribution is 0.122. The van der Waals surface area contributed by atoms with Crippen LogP contribution in [0.4, 0.5) is 4.79 Å². The van der Waals surface area contributed by atoms with Gasteiger partial charge in [0.05, 0.1) is 0 Å². The van der Waals surface area contributed by atoms with E-state index < -0.39 is 6.09 Å². The van der Waals surface area contributed by atoms with Crippen LogP contribution in [0.3, 0.4) is 0 Å². The summed E-state index contributed by atoms with van der Waals surface area (Å²) in [5.74, 6) is 0. The minimum Gasteiger partial charge on any atom is -0.312 e. The van der Waals surface area contributed by atoms with Crippen LogP contribution in [0.5, 0.6) is 0 Å². The Morgan fingerprint density at radius 3 is 2.50 bits per heavy atom. The summed E-state index contributed by atoms with van der Waals surface area (Å²) in [6.07, 6.45) is -0.622. The summed E-state index contributed by atoms with van der Waals surface area (Å²) in [5, 5.41) is 12.3. The Labute approximate surface area is 93.5 Å². The van der Waals surface area contributed by atoms with Crippen molar-refractivity contribution >= 4 is 11.8 Å². The van der Waals surface area contributed by atoms with Crippen LogP contribution in [0, 0.1) is 11.3 Å². The van der Waals surface area contributed by atoms with Crippen molar-refractivity contribution < 1.29 is 9.63 Å². The van der Waals surface area contributed by atoms with Gasteiger partial charge in [0.2, 0.25) is 0 Å². The summed E-state index contributed by atoms with van der Waals surface area (Å²) >= 11 is 0. The molecule has 0 atom stereocenters. The minimum absolute atomic E-state index is 0.0656. The third-order valence-corrected chi connectivity index (χ3v) is 1.73. The molecule has 1 aromatic rings. The van der Waals surface area contributed by atoms with Crippen molar-refractivity contribution in [3.8, 4) is 6.07 Å². The summed E-state index contributed by atoms with van der Waals surface area (Å²) in [6.45, 7) is 0. The SMILES string of the molecule is CN(C)C(=O)O/N=C(\C#N)c1ccccc1. The maximum absolute atomic E-state index is 11.1. The fourth-order valence-corrected chi connectivity index (χ4v) is 0.900. The van der Waals surface area contributed by atoms with Crippen molar-refractivity contribution in [1.29, 1.82) is 5.26 Å². The standard InChI is InChI=1S/C11H11N3O2/c1-14(2)11(15)16-13-10(8-12)9-6-4-3-5-7-9/h3-7H,1-2H3/b13-10+. The second kappa shape index (κ2) is 5.51. The Morgan fingerprint density at radius 1 is 1.38 bits per heavy atom. The first-order valence-corrected chi connectivity index (χ1v) is 4.57. The number of oxime groups is 1. The van der Waals surface area contributed by atoms with Crippen LogP contribution in [0.15, 0.2) is 35.5 Å². The van der Waals surface area contributed by atoms with Gasteiger partial charge in [0.25, 0.3) is 0 Å². The van der Waals surface area contributed by atoms with E-state index in [0.717, 1.165) is 0 Å². The van der Waals surface area contributed by atoms with Crippen molar-refractivity contribution in [2.24, 2.45) is 5.16 Å². The molecular weight excluding hydrogens is 206 g/mol. The van der Waals surface area contributed by atoms with E-state index in [1.54, 1.807) is 24.3 Å². The van der Waals surface area contributed by atoms with Gasteiger partial charge < -0.3 is 4.90 Å². The Balaban J connectivity index is 2.81. The maximum atomic E-state index is 11.1. The number of hydrogen-bond acceptors (Lipinski definition) is 4. The van der Waals surface area contributed by atoms with Crippen molar-refractivity contribution in [2.75, 3.05) is 14.1 Å². The zero-order valence-corrected chi connectivity index (χ0v) is 9.04. The summed E-state index contributed by atoms with van der Waals surface area (Å²) < 4.78 is 0. The van der Waals surface area contributed by atoms with E-state index >= 15 is 0 Å². The normalized spacial score (nSPS) is 10.4. The van der Waals surface area contributed by atoms with E-state index in [2.05, 4.69) is 9.99 Å². The van der Waals surface area contributed by atoms with Crippen molar-refractivity contribution in [3.05, 3.63) is 35.9 Å². The van der Waals surface area contributed by atoms with Crippen LogP contribution < -0.4 is 0 Å². The van der Waals surface area contributed by atoms with Crippen molar-refractivity contribution in [1.82, 2.24) is 4.90 Å². The summed E-state index contributed by atoms with van der Waals surface area (Å²) in [6, 6.07) is 10.7. The molecule has 1 rings (SSSR count). The van der Waals surface area contributed by atoms with Gasteiger partial charge in [0.15, 0.2) is 5.71 Å². The van der Waals surface area contributed by atoms with E-state index in [-0.39, 0.29) is 5.71 Å². The molecule has 0 aliphatic rings. The zero-order valence-electron chi connectivity index (χ0n) is 9.04. The van der Waals surface area contributed by atoms with Gasteiger partial charge in [0.1, 0.15) is 6.07 Å². The second-order valence-corrected chi connectivity index (χ2v) is 3.17. The highest BCUT2D eigenvalue weighted by Crippen LogP contribution is 2.01. The van der Waals surface area contributed by atoms with Gasteiger partial charge in [-0.3, -0.25) is 4.84 Å². The van der Waals surface area contributed by atoms with E-state index in [9.17, 15) is 4.79 Å². The number of carbonyl (C=O) groups is 1. The average molecular weight is 217 g/mol. The largest absolute Gasteiger partial charge is 0.435 e. The minimum atomic E-state index is -0.622. The highest BCUT2D eigenvalue weighted by Gasteiger charge is 2.07. The Kier molecular flexibility index (Phi) is 4.04. The van der Waals surface area contributed by atoms with Gasteiger partial charge in [-0.25, -0.2) is 4.79 Å². The predicted molar refractivity (Wildman–Crippen MR) is 58.8 cm³/mol. The van der Waals surface area contributed by atoms with Crippen molar-refractivity contribution in [2.45, 2.75) is 0 Å². The number of hydrogen-bond donors (Lipinski definition) is 0. The quantitative estimate of drug-likeness (QED) is 0.429. The molecule has 0 N–H and O–H groups in total. The first-order valence-electron chi connectivity index (χ1n) is 4.57. The van der Waals surface area contributed by atoms with Gasteiger partial charge in [-0.15, -0.1) is 0 Å². The first kappa shape index (κ1) is 11.7. The molecule has 5 heteroatoms. The van der Waals surface area contributed by atoms with Crippen LogP contribution in [0.2, 0.25) is 0 Å². The molecule has 1 amide bonds. The first-order chi connectivity index (χ1) is 7.65. The Hall–Kier alpha value is -2.35. The molecule has 1 aromatic carbocycles.